The van der Waals surface area contributed by atoms with Crippen LogP contribution in [-0.4, -0.2) is 25.5 Å². The Hall–Kier alpha value is -2.44. The Morgan fingerprint density at radius 2 is 1.88 bits per heavy atom. The second-order valence-electron chi connectivity index (χ2n) is 5.56. The van der Waals surface area contributed by atoms with E-state index >= 15 is 0 Å². The highest BCUT2D eigenvalue weighted by atomic mass is 35.5. The predicted molar refractivity (Wildman–Crippen MR) is 93.9 cm³/mol. The van der Waals surface area contributed by atoms with Crippen LogP contribution in [0.2, 0.25) is 5.02 Å². The van der Waals surface area contributed by atoms with Crippen molar-refractivity contribution in [3.8, 4) is 0 Å². The number of carbonyl (C=O) groups excluding carboxylic acids is 2. The predicted octanol–water partition coefficient (Wildman–Crippen LogP) is 3.10. The average Bonchev–Trinajstić information content (AvgIpc) is 2.59. The van der Waals surface area contributed by atoms with E-state index in [1.165, 1.54) is 19.2 Å². The van der Waals surface area contributed by atoms with Crippen molar-refractivity contribution < 1.29 is 18.7 Å². The largest absolute Gasteiger partial charge is 0.372 e. The van der Waals surface area contributed by atoms with E-state index in [4.69, 9.17) is 16.3 Å². The summed E-state index contributed by atoms with van der Waals surface area (Å²) in [6.07, 6.45) is 0. The van der Waals surface area contributed by atoms with Gasteiger partial charge in [0.2, 0.25) is 0 Å². The number of hydrogen-bond acceptors (Lipinski definition) is 3. The number of amides is 2. The molecule has 0 heterocycles. The molecule has 0 fully saturated rings. The van der Waals surface area contributed by atoms with Crippen LogP contribution in [-0.2, 0) is 19.9 Å². The highest BCUT2D eigenvalue weighted by Gasteiger charge is 2.30. The lowest BCUT2D eigenvalue weighted by atomic mass is 9.95. The highest BCUT2D eigenvalue weighted by Crippen LogP contribution is 2.26. The zero-order chi connectivity index (χ0) is 18.4. The number of halogens is 2. The molecule has 2 amide bonds. The maximum atomic E-state index is 14.0. The summed E-state index contributed by atoms with van der Waals surface area (Å²) in [5.74, 6) is -2.17. The van der Waals surface area contributed by atoms with Gasteiger partial charge in [-0.1, -0.05) is 35.9 Å². The molecule has 2 N–H and O–H groups in total. The van der Waals surface area contributed by atoms with Crippen LogP contribution in [0.1, 0.15) is 12.5 Å². The number of nitrogens with one attached hydrogen (secondary N) is 2. The Morgan fingerprint density at radius 1 is 1.16 bits per heavy atom. The van der Waals surface area contributed by atoms with Gasteiger partial charge in [0.15, 0.2) is 0 Å². The Labute approximate surface area is 150 Å². The molecule has 2 aromatic rings. The van der Waals surface area contributed by atoms with Gasteiger partial charge in [0.1, 0.15) is 11.4 Å². The molecule has 0 saturated carbocycles. The van der Waals surface area contributed by atoms with E-state index in [0.717, 1.165) is 0 Å². The van der Waals surface area contributed by atoms with Crippen LogP contribution in [0.25, 0.3) is 0 Å². The van der Waals surface area contributed by atoms with Crippen molar-refractivity contribution in [1.82, 2.24) is 5.32 Å². The molecule has 0 spiro atoms. The second-order valence-corrected chi connectivity index (χ2v) is 6.00. The van der Waals surface area contributed by atoms with Crippen molar-refractivity contribution in [3.05, 3.63) is 64.9 Å². The molecule has 132 valence electrons. The molecule has 25 heavy (non-hydrogen) atoms. The van der Waals surface area contributed by atoms with E-state index in [0.29, 0.717) is 10.7 Å². The van der Waals surface area contributed by atoms with Crippen molar-refractivity contribution in [2.45, 2.75) is 12.5 Å². The second kappa shape index (κ2) is 8.09. The fourth-order valence-corrected chi connectivity index (χ4v) is 2.44. The van der Waals surface area contributed by atoms with E-state index in [-0.39, 0.29) is 12.1 Å². The fourth-order valence-electron chi connectivity index (χ4n) is 2.25. The van der Waals surface area contributed by atoms with Crippen molar-refractivity contribution in [2.75, 3.05) is 19.0 Å². The van der Waals surface area contributed by atoms with Gasteiger partial charge >= 0.3 is 11.8 Å². The maximum Gasteiger partial charge on any atom is 0.313 e. The molecule has 0 aliphatic heterocycles. The lowest BCUT2D eigenvalue weighted by Gasteiger charge is -2.29. The Morgan fingerprint density at radius 3 is 2.52 bits per heavy atom. The first-order chi connectivity index (χ1) is 11.9. The summed E-state index contributed by atoms with van der Waals surface area (Å²) in [5.41, 5.74) is -0.429. The smallest absolute Gasteiger partial charge is 0.313 e. The quantitative estimate of drug-likeness (QED) is 0.801. The molecule has 7 heteroatoms. The molecule has 2 rings (SSSR count). The number of anilines is 1. The lowest BCUT2D eigenvalue weighted by Crippen LogP contribution is -2.44. The molecule has 1 atom stereocenters. The normalized spacial score (nSPS) is 13.0. The molecule has 0 aromatic heterocycles. The van der Waals surface area contributed by atoms with E-state index in [9.17, 15) is 14.0 Å². The minimum atomic E-state index is -1.11. The first-order valence-corrected chi connectivity index (χ1v) is 7.88. The van der Waals surface area contributed by atoms with Crippen molar-refractivity contribution in [2.24, 2.45) is 0 Å². The Bertz CT molecular complexity index is 784. The van der Waals surface area contributed by atoms with Gasteiger partial charge in [-0.05, 0) is 31.2 Å². The third-order valence-corrected chi connectivity index (χ3v) is 4.00. The summed E-state index contributed by atoms with van der Waals surface area (Å²) in [5, 5.41) is 5.33. The molecular formula is C18H18ClFN2O3. The van der Waals surface area contributed by atoms with Gasteiger partial charge in [0.05, 0.1) is 6.54 Å². The van der Waals surface area contributed by atoms with Crippen LogP contribution in [0.15, 0.2) is 48.5 Å². The van der Waals surface area contributed by atoms with Gasteiger partial charge in [0.25, 0.3) is 0 Å². The van der Waals surface area contributed by atoms with Gasteiger partial charge in [-0.3, -0.25) is 9.59 Å². The van der Waals surface area contributed by atoms with E-state index in [1.54, 1.807) is 43.3 Å². The number of benzene rings is 2. The van der Waals surface area contributed by atoms with Gasteiger partial charge < -0.3 is 15.4 Å². The zero-order valence-electron chi connectivity index (χ0n) is 13.8. The van der Waals surface area contributed by atoms with E-state index < -0.39 is 23.2 Å². The topological polar surface area (TPSA) is 67.4 Å². The molecule has 0 aliphatic carbocycles. The maximum absolute atomic E-state index is 14.0. The van der Waals surface area contributed by atoms with Gasteiger partial charge in [-0.2, -0.15) is 0 Å². The zero-order valence-corrected chi connectivity index (χ0v) is 14.6. The summed E-state index contributed by atoms with van der Waals surface area (Å²) in [4.78, 5) is 24.0. The number of hydrogen-bond donors (Lipinski definition) is 2. The van der Waals surface area contributed by atoms with Crippen LogP contribution < -0.4 is 10.6 Å². The SMILES string of the molecule is COC(C)(CNC(=O)C(=O)Nc1cccc(Cl)c1)c1ccccc1F. The summed E-state index contributed by atoms with van der Waals surface area (Å²) in [7, 11) is 1.41. The molecular weight excluding hydrogens is 347 g/mol. The molecule has 0 aliphatic rings. The van der Waals surface area contributed by atoms with E-state index in [1.807, 2.05) is 0 Å². The first kappa shape index (κ1) is 18.9. The third kappa shape index (κ3) is 4.78. The molecule has 5 nitrogen and oxygen atoms in total. The summed E-state index contributed by atoms with van der Waals surface area (Å²) < 4.78 is 19.4. The number of rotatable bonds is 5. The van der Waals surface area contributed by atoms with Gasteiger partial charge in [-0.15, -0.1) is 0 Å². The number of carbonyl (C=O) groups is 2. The minimum Gasteiger partial charge on any atom is -0.372 e. The molecule has 0 bridgehead atoms. The lowest BCUT2D eigenvalue weighted by molar-refractivity contribution is -0.137. The standard InChI is InChI=1S/C18H18ClFN2O3/c1-18(25-2,14-8-3-4-9-15(14)20)11-21-16(23)17(24)22-13-7-5-6-12(19)10-13/h3-10H,11H2,1-2H3,(H,21,23)(H,22,24). The monoisotopic (exact) mass is 364 g/mol. The van der Waals surface area contributed by atoms with Crippen LogP contribution in [0, 0.1) is 5.82 Å². The number of methoxy groups -OCH3 is 1. The highest BCUT2D eigenvalue weighted by molar-refractivity contribution is 6.39. The van der Waals surface area contributed by atoms with Gasteiger partial charge in [-0.25, -0.2) is 4.39 Å². The summed E-state index contributed by atoms with van der Waals surface area (Å²) in [6.45, 7) is 1.55. The van der Waals surface area contributed by atoms with Crippen molar-refractivity contribution >= 4 is 29.1 Å². The van der Waals surface area contributed by atoms with Crippen LogP contribution >= 0.6 is 11.6 Å². The summed E-state index contributed by atoms with van der Waals surface area (Å²) in [6, 6.07) is 12.5. The molecule has 2 aromatic carbocycles. The van der Waals surface area contributed by atoms with Crippen molar-refractivity contribution in [3.63, 3.8) is 0 Å². The third-order valence-electron chi connectivity index (χ3n) is 3.77. The molecule has 0 radical (unpaired) electrons. The van der Waals surface area contributed by atoms with Crippen LogP contribution in [0.3, 0.4) is 0 Å². The molecule has 1 unspecified atom stereocenters. The first-order valence-electron chi connectivity index (χ1n) is 7.50. The van der Waals surface area contributed by atoms with Gasteiger partial charge in [0, 0.05) is 23.4 Å². The van der Waals surface area contributed by atoms with Crippen molar-refractivity contribution in [1.29, 1.82) is 0 Å². The minimum absolute atomic E-state index is 0.0772. The number of ether oxygens (including phenoxy) is 1. The Balaban J connectivity index is 2.02. The van der Waals surface area contributed by atoms with Crippen LogP contribution in [0.5, 0.6) is 0 Å². The summed E-state index contributed by atoms with van der Waals surface area (Å²) >= 11 is 5.83. The molecule has 0 saturated heterocycles. The fraction of sp³-hybridized carbons (Fsp3) is 0.222. The van der Waals surface area contributed by atoms with Crippen LogP contribution in [0.4, 0.5) is 10.1 Å². The average molecular weight is 365 g/mol. The van der Waals surface area contributed by atoms with E-state index in [2.05, 4.69) is 10.6 Å². The Kier molecular flexibility index (Phi) is 6.12.